The fraction of sp³-hybridized carbons (Fsp3) is 0.125. The van der Waals surface area contributed by atoms with Crippen LogP contribution in [0.4, 0.5) is 4.39 Å². The highest BCUT2D eigenvalue weighted by Crippen LogP contribution is 2.24. The molecule has 0 fully saturated rings. The standard InChI is InChI=1S/C8H6FNOS/c1-11-6-2-3-7(12)5(4-10)8(6)9/h2-3,12H,1H3. The predicted octanol–water partition coefficient (Wildman–Crippen LogP) is 1.99. The average Bonchev–Trinajstić information content (AvgIpc) is 2.06. The first-order chi connectivity index (χ1) is 5.70. The quantitative estimate of drug-likeness (QED) is 0.675. The molecule has 4 heteroatoms. The summed E-state index contributed by atoms with van der Waals surface area (Å²) in [7, 11) is 1.34. The Morgan fingerprint density at radius 1 is 1.58 bits per heavy atom. The number of rotatable bonds is 1. The number of ether oxygens (including phenoxy) is 1. The highest BCUT2D eigenvalue weighted by Gasteiger charge is 2.10. The number of methoxy groups -OCH3 is 1. The summed E-state index contributed by atoms with van der Waals surface area (Å²) in [5, 5.41) is 8.52. The number of halogens is 1. The normalized spacial score (nSPS) is 9.17. The third-order valence-electron chi connectivity index (χ3n) is 1.42. The van der Waals surface area contributed by atoms with Crippen molar-refractivity contribution in [2.24, 2.45) is 0 Å². The lowest BCUT2D eigenvalue weighted by Crippen LogP contribution is -1.92. The van der Waals surface area contributed by atoms with E-state index in [9.17, 15) is 4.39 Å². The minimum atomic E-state index is -0.660. The van der Waals surface area contributed by atoms with Gasteiger partial charge in [-0.3, -0.25) is 0 Å². The minimum absolute atomic E-state index is 0.0596. The van der Waals surface area contributed by atoms with Crippen LogP contribution >= 0.6 is 12.6 Å². The van der Waals surface area contributed by atoms with Crippen molar-refractivity contribution in [1.82, 2.24) is 0 Å². The third-order valence-corrected chi connectivity index (χ3v) is 1.79. The van der Waals surface area contributed by atoms with Crippen LogP contribution in [0.3, 0.4) is 0 Å². The second-order valence-electron chi connectivity index (χ2n) is 2.09. The van der Waals surface area contributed by atoms with Crippen molar-refractivity contribution < 1.29 is 9.13 Å². The molecule has 12 heavy (non-hydrogen) atoms. The molecule has 0 heterocycles. The molecule has 0 aromatic heterocycles. The van der Waals surface area contributed by atoms with Gasteiger partial charge in [-0.15, -0.1) is 12.6 Å². The Kier molecular flexibility index (Phi) is 2.56. The molecule has 0 saturated carbocycles. The van der Waals surface area contributed by atoms with E-state index in [4.69, 9.17) is 5.26 Å². The number of nitrogens with zero attached hydrogens (tertiary/aromatic N) is 1. The number of hydrogen-bond donors (Lipinski definition) is 1. The fourth-order valence-corrected chi connectivity index (χ4v) is 1.03. The van der Waals surface area contributed by atoms with Crippen LogP contribution in [-0.4, -0.2) is 7.11 Å². The van der Waals surface area contributed by atoms with Gasteiger partial charge in [0.05, 0.1) is 7.11 Å². The Balaban J connectivity index is 3.36. The van der Waals surface area contributed by atoms with Gasteiger partial charge in [-0.05, 0) is 12.1 Å². The molecule has 0 aliphatic heterocycles. The van der Waals surface area contributed by atoms with E-state index in [0.717, 1.165) is 0 Å². The molecule has 1 aromatic rings. The fourth-order valence-electron chi connectivity index (χ4n) is 0.811. The molecule has 0 atom stereocenters. The van der Waals surface area contributed by atoms with E-state index in [1.54, 1.807) is 6.07 Å². The third kappa shape index (κ3) is 1.36. The molecule has 1 aromatic carbocycles. The first kappa shape index (κ1) is 8.88. The summed E-state index contributed by atoms with van der Waals surface area (Å²) < 4.78 is 17.8. The molecule has 0 aliphatic carbocycles. The second kappa shape index (κ2) is 3.46. The molecule has 0 aliphatic rings. The Morgan fingerprint density at radius 3 is 2.75 bits per heavy atom. The Morgan fingerprint density at radius 2 is 2.25 bits per heavy atom. The highest BCUT2D eigenvalue weighted by molar-refractivity contribution is 7.80. The average molecular weight is 183 g/mol. The van der Waals surface area contributed by atoms with Crippen molar-refractivity contribution >= 4 is 12.6 Å². The summed E-state index contributed by atoms with van der Waals surface area (Å²) in [6, 6.07) is 4.65. The molecule has 0 spiro atoms. The van der Waals surface area contributed by atoms with E-state index in [1.807, 2.05) is 0 Å². The molecule has 0 saturated heterocycles. The van der Waals surface area contributed by atoms with E-state index in [0.29, 0.717) is 4.90 Å². The maximum atomic E-state index is 13.1. The minimum Gasteiger partial charge on any atom is -0.494 e. The number of nitriles is 1. The first-order valence-electron chi connectivity index (χ1n) is 3.16. The van der Waals surface area contributed by atoms with Crippen LogP contribution in [0.25, 0.3) is 0 Å². The summed E-state index contributed by atoms with van der Waals surface area (Å²) >= 11 is 3.92. The van der Waals surface area contributed by atoms with Crippen molar-refractivity contribution in [3.05, 3.63) is 23.5 Å². The Hall–Kier alpha value is -1.21. The summed E-state index contributed by atoms with van der Waals surface area (Å²) in [4.78, 5) is 0.316. The van der Waals surface area contributed by atoms with Gasteiger partial charge >= 0.3 is 0 Å². The zero-order valence-electron chi connectivity index (χ0n) is 6.34. The number of thiol groups is 1. The maximum Gasteiger partial charge on any atom is 0.183 e. The van der Waals surface area contributed by atoms with Gasteiger partial charge < -0.3 is 4.74 Å². The van der Waals surface area contributed by atoms with Crippen molar-refractivity contribution in [2.45, 2.75) is 4.90 Å². The molecule has 1 rings (SSSR count). The van der Waals surface area contributed by atoms with Crippen molar-refractivity contribution in [3.8, 4) is 11.8 Å². The molecule has 0 amide bonds. The lowest BCUT2D eigenvalue weighted by Gasteiger charge is -2.03. The molecular weight excluding hydrogens is 177 g/mol. The predicted molar refractivity (Wildman–Crippen MR) is 44.9 cm³/mol. The van der Waals surface area contributed by atoms with Gasteiger partial charge in [0.15, 0.2) is 11.6 Å². The smallest absolute Gasteiger partial charge is 0.183 e. The number of benzene rings is 1. The van der Waals surface area contributed by atoms with E-state index in [2.05, 4.69) is 17.4 Å². The SMILES string of the molecule is COc1ccc(S)c(C#N)c1F. The zero-order valence-corrected chi connectivity index (χ0v) is 7.23. The summed E-state index contributed by atoms with van der Waals surface area (Å²) in [5.74, 6) is -0.600. The monoisotopic (exact) mass is 183 g/mol. The van der Waals surface area contributed by atoms with E-state index < -0.39 is 5.82 Å². The first-order valence-corrected chi connectivity index (χ1v) is 3.61. The van der Waals surface area contributed by atoms with Crippen molar-refractivity contribution in [3.63, 3.8) is 0 Å². The summed E-state index contributed by atoms with van der Waals surface area (Å²) in [6.45, 7) is 0. The maximum absolute atomic E-state index is 13.1. The lowest BCUT2D eigenvalue weighted by molar-refractivity contribution is 0.385. The van der Waals surface area contributed by atoms with Gasteiger partial charge in [-0.2, -0.15) is 5.26 Å². The van der Waals surface area contributed by atoms with Crippen molar-refractivity contribution in [1.29, 1.82) is 5.26 Å². The van der Waals surface area contributed by atoms with Gasteiger partial charge in [-0.25, -0.2) is 4.39 Å². The molecule has 0 unspecified atom stereocenters. The zero-order chi connectivity index (χ0) is 9.14. The summed E-state index contributed by atoms with van der Waals surface area (Å²) in [5.41, 5.74) is -0.0855. The van der Waals surface area contributed by atoms with Crippen LogP contribution < -0.4 is 4.74 Å². The molecule has 62 valence electrons. The van der Waals surface area contributed by atoms with Crippen LogP contribution in [0, 0.1) is 17.1 Å². The largest absolute Gasteiger partial charge is 0.494 e. The van der Waals surface area contributed by atoms with E-state index in [1.165, 1.54) is 19.2 Å². The molecule has 0 bridgehead atoms. The van der Waals surface area contributed by atoms with Crippen LogP contribution in [0.5, 0.6) is 5.75 Å². The van der Waals surface area contributed by atoms with Crippen molar-refractivity contribution in [2.75, 3.05) is 7.11 Å². The van der Waals surface area contributed by atoms with Gasteiger partial charge in [0, 0.05) is 4.90 Å². The summed E-state index contributed by atoms with van der Waals surface area (Å²) in [6.07, 6.45) is 0. The Bertz CT molecular complexity index is 346. The van der Waals surface area contributed by atoms with Gasteiger partial charge in [0.25, 0.3) is 0 Å². The van der Waals surface area contributed by atoms with Crippen LogP contribution in [0.1, 0.15) is 5.56 Å². The van der Waals surface area contributed by atoms with Crippen LogP contribution in [0.15, 0.2) is 17.0 Å². The molecule has 0 radical (unpaired) electrons. The van der Waals surface area contributed by atoms with Gasteiger partial charge in [0.2, 0.25) is 0 Å². The van der Waals surface area contributed by atoms with Gasteiger partial charge in [0.1, 0.15) is 11.6 Å². The molecule has 0 N–H and O–H groups in total. The van der Waals surface area contributed by atoms with E-state index in [-0.39, 0.29) is 11.3 Å². The highest BCUT2D eigenvalue weighted by atomic mass is 32.1. The van der Waals surface area contributed by atoms with Crippen LogP contribution in [0.2, 0.25) is 0 Å². The molecular formula is C8H6FNOS. The van der Waals surface area contributed by atoms with Gasteiger partial charge in [-0.1, -0.05) is 0 Å². The molecule has 2 nitrogen and oxygen atoms in total. The number of hydrogen-bond acceptors (Lipinski definition) is 3. The Labute approximate surface area is 75.0 Å². The second-order valence-corrected chi connectivity index (χ2v) is 2.57. The van der Waals surface area contributed by atoms with E-state index >= 15 is 0 Å². The van der Waals surface area contributed by atoms with Crippen LogP contribution in [-0.2, 0) is 0 Å². The lowest BCUT2D eigenvalue weighted by atomic mass is 10.2. The topological polar surface area (TPSA) is 33.0 Å².